The van der Waals surface area contributed by atoms with Gasteiger partial charge in [-0.05, 0) is 61.1 Å². The van der Waals surface area contributed by atoms with Crippen LogP contribution in [0, 0.1) is 0 Å². The van der Waals surface area contributed by atoms with E-state index in [0.29, 0.717) is 18.5 Å². The van der Waals surface area contributed by atoms with Gasteiger partial charge in [0.25, 0.3) is 5.91 Å². The van der Waals surface area contributed by atoms with Gasteiger partial charge < -0.3 is 10.2 Å². The predicted octanol–water partition coefficient (Wildman–Crippen LogP) is 3.42. The minimum absolute atomic E-state index is 0.123. The van der Waals surface area contributed by atoms with Crippen LogP contribution in [0.15, 0.2) is 47.4 Å². The Morgan fingerprint density at radius 2 is 1.79 bits per heavy atom. The Kier molecular flexibility index (Phi) is 6.51. The number of carbonyl (C=O) groups is 3. The fourth-order valence-electron chi connectivity index (χ4n) is 4.69. The summed E-state index contributed by atoms with van der Waals surface area (Å²) in [6, 6.07) is 14.7. The molecule has 1 unspecified atom stereocenters. The van der Waals surface area contributed by atoms with Crippen molar-refractivity contribution in [2.75, 3.05) is 6.54 Å². The molecule has 2 N–H and O–H groups in total. The molecule has 0 aromatic heterocycles. The molecule has 1 saturated carbocycles. The third-order valence-electron chi connectivity index (χ3n) is 6.91. The van der Waals surface area contributed by atoms with Crippen LogP contribution < -0.4 is 10.6 Å². The van der Waals surface area contributed by atoms with E-state index in [0.717, 1.165) is 35.2 Å². The molecule has 7 heteroatoms. The smallest absolute Gasteiger partial charge is 0.255 e. The number of hydrogen-bond acceptors (Lipinski definition) is 5. The van der Waals surface area contributed by atoms with Gasteiger partial charge >= 0.3 is 0 Å². The number of nitrogens with zero attached hydrogens (tertiary/aromatic N) is 1. The molecule has 2 aliphatic heterocycles. The van der Waals surface area contributed by atoms with Crippen LogP contribution in [0.3, 0.4) is 0 Å². The zero-order chi connectivity index (χ0) is 22.8. The Morgan fingerprint density at radius 1 is 1.00 bits per heavy atom. The average Bonchev–Trinajstić information content (AvgIpc) is 3.12. The van der Waals surface area contributed by atoms with Crippen molar-refractivity contribution in [1.82, 2.24) is 15.5 Å². The lowest BCUT2D eigenvalue weighted by Gasteiger charge is -2.29. The highest BCUT2D eigenvalue weighted by molar-refractivity contribution is 7.98. The van der Waals surface area contributed by atoms with Crippen molar-refractivity contribution in [3.8, 4) is 0 Å². The summed E-state index contributed by atoms with van der Waals surface area (Å²) in [7, 11) is 0. The van der Waals surface area contributed by atoms with Gasteiger partial charge in [0, 0.05) is 35.2 Å². The zero-order valence-electron chi connectivity index (χ0n) is 18.6. The number of amides is 3. The molecule has 172 valence electrons. The van der Waals surface area contributed by atoms with E-state index in [-0.39, 0.29) is 24.1 Å². The first kappa shape index (κ1) is 22.2. The van der Waals surface area contributed by atoms with Crippen LogP contribution in [0.2, 0.25) is 0 Å². The lowest BCUT2D eigenvalue weighted by Crippen LogP contribution is -2.52. The molecule has 1 atom stereocenters. The first-order valence-electron chi connectivity index (χ1n) is 11.8. The Balaban J connectivity index is 1.19. The van der Waals surface area contributed by atoms with Gasteiger partial charge in [-0.3, -0.25) is 19.7 Å². The van der Waals surface area contributed by atoms with Gasteiger partial charge in [-0.25, -0.2) is 0 Å². The normalized spacial score (nSPS) is 20.5. The van der Waals surface area contributed by atoms with E-state index in [1.807, 2.05) is 18.2 Å². The second kappa shape index (κ2) is 9.69. The van der Waals surface area contributed by atoms with Crippen LogP contribution in [0.4, 0.5) is 0 Å². The monoisotopic (exact) mass is 463 g/mol. The van der Waals surface area contributed by atoms with Crippen LogP contribution in [-0.2, 0) is 28.3 Å². The highest BCUT2D eigenvalue weighted by atomic mass is 32.2. The predicted molar refractivity (Wildman–Crippen MR) is 128 cm³/mol. The maximum atomic E-state index is 13.0. The fraction of sp³-hybridized carbons (Fsp3) is 0.423. The molecule has 2 aromatic carbocycles. The standard InChI is InChI=1S/C26H29N3O3S/c30-24-12-11-22(25(31)28-24)29-15-21-20(26(29)32)5-2-6-23(21)33-16-18-9-7-17(8-10-18)13-14-27-19-3-1-4-19/h2,5-10,19,22,27H,1,3-4,11-16H2,(H,28,30,31). The number of benzene rings is 2. The summed E-state index contributed by atoms with van der Waals surface area (Å²) in [5.41, 5.74) is 4.25. The molecular weight excluding hydrogens is 434 g/mol. The molecule has 3 aliphatic rings. The number of carbonyl (C=O) groups excluding carboxylic acids is 3. The minimum Gasteiger partial charge on any atom is -0.322 e. The van der Waals surface area contributed by atoms with Gasteiger partial charge in [0.2, 0.25) is 11.8 Å². The molecule has 5 rings (SSSR count). The van der Waals surface area contributed by atoms with Gasteiger partial charge in [0.05, 0.1) is 0 Å². The molecule has 1 aliphatic carbocycles. The lowest BCUT2D eigenvalue weighted by molar-refractivity contribution is -0.136. The summed E-state index contributed by atoms with van der Waals surface area (Å²) in [6.07, 6.45) is 5.69. The van der Waals surface area contributed by atoms with Crippen molar-refractivity contribution in [3.63, 3.8) is 0 Å². The quantitative estimate of drug-likeness (QED) is 0.463. The molecule has 2 fully saturated rings. The SMILES string of the molecule is O=C1CCC(N2Cc3c(SCc4ccc(CCNC5CCC5)cc4)cccc3C2=O)C(=O)N1. The molecule has 33 heavy (non-hydrogen) atoms. The maximum absolute atomic E-state index is 13.0. The number of rotatable bonds is 8. The Labute approximate surface area is 198 Å². The summed E-state index contributed by atoms with van der Waals surface area (Å²) in [6.45, 7) is 1.45. The Bertz CT molecular complexity index is 1060. The molecule has 0 bridgehead atoms. The summed E-state index contributed by atoms with van der Waals surface area (Å²) in [5.74, 6) is 0.0626. The minimum atomic E-state index is -0.577. The number of piperidine rings is 1. The maximum Gasteiger partial charge on any atom is 0.255 e. The number of nitrogens with one attached hydrogen (secondary N) is 2. The summed E-state index contributed by atoms with van der Waals surface area (Å²) in [4.78, 5) is 39.4. The molecule has 0 spiro atoms. The molecule has 0 radical (unpaired) electrons. The second-order valence-electron chi connectivity index (χ2n) is 9.12. The highest BCUT2D eigenvalue weighted by Gasteiger charge is 2.39. The zero-order valence-corrected chi connectivity index (χ0v) is 19.5. The van der Waals surface area contributed by atoms with E-state index in [9.17, 15) is 14.4 Å². The van der Waals surface area contributed by atoms with Crippen molar-refractivity contribution in [3.05, 3.63) is 64.7 Å². The largest absolute Gasteiger partial charge is 0.322 e. The summed E-state index contributed by atoms with van der Waals surface area (Å²) in [5, 5.41) is 5.97. The third-order valence-corrected chi connectivity index (χ3v) is 8.08. The first-order valence-corrected chi connectivity index (χ1v) is 12.8. The van der Waals surface area contributed by atoms with E-state index in [1.165, 1.54) is 30.4 Å². The van der Waals surface area contributed by atoms with Crippen LogP contribution >= 0.6 is 11.8 Å². The van der Waals surface area contributed by atoms with Crippen LogP contribution in [-0.4, -0.2) is 41.2 Å². The molecule has 6 nitrogen and oxygen atoms in total. The van der Waals surface area contributed by atoms with Crippen molar-refractivity contribution < 1.29 is 14.4 Å². The van der Waals surface area contributed by atoms with Crippen LogP contribution in [0.25, 0.3) is 0 Å². The van der Waals surface area contributed by atoms with Gasteiger partial charge in [-0.15, -0.1) is 11.8 Å². The van der Waals surface area contributed by atoms with E-state index >= 15 is 0 Å². The number of thioether (sulfide) groups is 1. The number of imide groups is 1. The topological polar surface area (TPSA) is 78.5 Å². The molecular formula is C26H29N3O3S. The molecule has 3 amide bonds. The molecule has 2 heterocycles. The van der Waals surface area contributed by atoms with Crippen molar-refractivity contribution in [1.29, 1.82) is 0 Å². The van der Waals surface area contributed by atoms with Gasteiger partial charge in [0.1, 0.15) is 6.04 Å². The van der Waals surface area contributed by atoms with E-state index < -0.39 is 6.04 Å². The van der Waals surface area contributed by atoms with E-state index in [1.54, 1.807) is 16.7 Å². The van der Waals surface area contributed by atoms with E-state index in [2.05, 4.69) is 34.9 Å². The van der Waals surface area contributed by atoms with Crippen LogP contribution in [0.5, 0.6) is 0 Å². The lowest BCUT2D eigenvalue weighted by atomic mass is 9.93. The van der Waals surface area contributed by atoms with Crippen molar-refractivity contribution >= 4 is 29.5 Å². The van der Waals surface area contributed by atoms with Gasteiger partial charge in [-0.2, -0.15) is 0 Å². The summed E-state index contributed by atoms with van der Waals surface area (Å²) < 4.78 is 0. The Morgan fingerprint density at radius 3 is 2.52 bits per heavy atom. The fourth-order valence-corrected chi connectivity index (χ4v) is 5.73. The molecule has 2 aromatic rings. The Hall–Kier alpha value is -2.64. The molecule has 1 saturated heterocycles. The van der Waals surface area contributed by atoms with Crippen molar-refractivity contribution in [2.45, 2.75) is 67.8 Å². The third kappa shape index (κ3) is 4.84. The number of hydrogen-bond donors (Lipinski definition) is 2. The van der Waals surface area contributed by atoms with E-state index in [4.69, 9.17) is 0 Å². The van der Waals surface area contributed by atoms with Gasteiger partial charge in [-0.1, -0.05) is 36.8 Å². The second-order valence-corrected chi connectivity index (χ2v) is 10.1. The number of fused-ring (bicyclic) bond motifs is 1. The highest BCUT2D eigenvalue weighted by Crippen LogP contribution is 2.35. The van der Waals surface area contributed by atoms with Gasteiger partial charge in [0.15, 0.2) is 0 Å². The first-order chi connectivity index (χ1) is 16.1. The summed E-state index contributed by atoms with van der Waals surface area (Å²) >= 11 is 1.72. The van der Waals surface area contributed by atoms with Crippen LogP contribution in [0.1, 0.15) is 59.2 Å². The average molecular weight is 464 g/mol. The van der Waals surface area contributed by atoms with Crippen molar-refractivity contribution in [2.24, 2.45) is 0 Å².